The minimum atomic E-state index is -0.580. The van der Waals surface area contributed by atoms with Crippen LogP contribution in [0, 0.1) is 10.1 Å². The van der Waals surface area contributed by atoms with Gasteiger partial charge in [0.05, 0.1) is 18.6 Å². The van der Waals surface area contributed by atoms with Crippen molar-refractivity contribution in [2.75, 3.05) is 37.1 Å². The largest absolute Gasteiger partial charge is 0.465 e. The number of aryl methyl sites for hydroxylation is 1. The Balaban J connectivity index is 0.000000662. The fraction of sp³-hybridized carbons (Fsp3) is 0.355. The molecule has 0 unspecified atom stereocenters. The second-order valence-electron chi connectivity index (χ2n) is 7.97. The van der Waals surface area contributed by atoms with E-state index in [1.54, 1.807) is 18.9 Å². The molecule has 3 aromatic rings. The Morgan fingerprint density at radius 2 is 1.78 bits per heavy atom. The number of ether oxygens (including phenoxy) is 2. The summed E-state index contributed by atoms with van der Waals surface area (Å²) in [6.45, 7) is 14.3. The molecule has 0 amide bonds. The van der Waals surface area contributed by atoms with Crippen molar-refractivity contribution in [2.45, 2.75) is 47.5 Å². The molecule has 0 spiro atoms. The van der Waals surface area contributed by atoms with E-state index in [0.29, 0.717) is 12.3 Å². The summed E-state index contributed by atoms with van der Waals surface area (Å²) < 4.78 is 9.16. The van der Waals surface area contributed by atoms with Crippen LogP contribution in [0.3, 0.4) is 0 Å². The highest BCUT2D eigenvalue weighted by Gasteiger charge is 2.27. The van der Waals surface area contributed by atoms with Crippen molar-refractivity contribution in [3.05, 3.63) is 87.8 Å². The number of nitro groups is 1. The van der Waals surface area contributed by atoms with Gasteiger partial charge in [-0.1, -0.05) is 69.9 Å². The highest BCUT2D eigenvalue weighted by molar-refractivity contribution is 7.17. The molecule has 2 aromatic carbocycles. The van der Waals surface area contributed by atoms with Gasteiger partial charge in [0.2, 0.25) is 0 Å². The summed E-state index contributed by atoms with van der Waals surface area (Å²) in [5.74, 6) is -0.939. The fourth-order valence-electron chi connectivity index (χ4n) is 3.93. The maximum absolute atomic E-state index is 11.9. The Labute approximate surface area is 247 Å². The maximum atomic E-state index is 11.9. The molecular weight excluding hydrogens is 542 g/mol. The number of benzene rings is 2. The highest BCUT2D eigenvalue weighted by atomic mass is 32.1. The topological polar surface area (TPSA) is 102 Å². The van der Waals surface area contributed by atoms with Crippen molar-refractivity contribution in [1.82, 2.24) is 0 Å². The van der Waals surface area contributed by atoms with Crippen LogP contribution in [0.5, 0.6) is 0 Å². The molecule has 0 aliphatic carbocycles. The highest BCUT2D eigenvalue weighted by Crippen LogP contribution is 2.42. The average Bonchev–Trinajstić information content (AvgIpc) is 3.49. The quantitative estimate of drug-likeness (QED) is 0.119. The van der Waals surface area contributed by atoms with Crippen LogP contribution in [0.4, 0.5) is 27.8 Å². The smallest absolute Gasteiger partial charge is 0.348 e. The third-order valence-electron chi connectivity index (χ3n) is 5.70. The number of carbonyl (C=O) groups excluding carboxylic acids is 2. The second-order valence-corrected chi connectivity index (χ2v) is 9.00. The minimum Gasteiger partial charge on any atom is -0.465 e. The molecule has 0 N–H and O–H groups in total. The lowest BCUT2D eigenvalue weighted by Gasteiger charge is -2.32. The van der Waals surface area contributed by atoms with Gasteiger partial charge in [-0.25, -0.2) is 9.59 Å². The molecule has 4 rings (SSSR count). The van der Waals surface area contributed by atoms with Crippen molar-refractivity contribution in [1.29, 1.82) is 0 Å². The van der Waals surface area contributed by atoms with Gasteiger partial charge in [0.1, 0.15) is 10.6 Å². The van der Waals surface area contributed by atoms with E-state index in [-0.39, 0.29) is 15.8 Å². The molecule has 1 aromatic heterocycles. The SMILES string of the molecule is C=CC(=O)OCC.CC.CC.COC(=O)c1cc(N(C)c2ccc3c(c2)N(c2ccccc2)CCC3)c([N+](=O)[O-])s1. The van der Waals surface area contributed by atoms with Gasteiger partial charge in [0.25, 0.3) is 0 Å². The van der Waals surface area contributed by atoms with Crippen LogP contribution in [0.2, 0.25) is 0 Å². The maximum Gasteiger partial charge on any atom is 0.348 e. The van der Waals surface area contributed by atoms with Gasteiger partial charge >= 0.3 is 16.9 Å². The summed E-state index contributed by atoms with van der Waals surface area (Å²) in [5.41, 5.74) is 4.65. The minimum absolute atomic E-state index is 0.0875. The molecular formula is C31H41N3O6S. The van der Waals surface area contributed by atoms with Gasteiger partial charge in [-0.05, 0) is 55.7 Å². The van der Waals surface area contributed by atoms with Crippen LogP contribution >= 0.6 is 11.3 Å². The molecule has 0 saturated carbocycles. The summed E-state index contributed by atoms with van der Waals surface area (Å²) in [7, 11) is 3.03. The first-order chi connectivity index (χ1) is 19.8. The molecule has 9 nitrogen and oxygen atoms in total. The summed E-state index contributed by atoms with van der Waals surface area (Å²) in [6, 6.07) is 17.8. The Hall–Kier alpha value is -4.18. The number of thiophene rings is 1. The van der Waals surface area contributed by atoms with Crippen LogP contribution in [-0.4, -0.2) is 44.2 Å². The lowest BCUT2D eigenvalue weighted by molar-refractivity contribution is -0.379. The van der Waals surface area contributed by atoms with Crippen LogP contribution in [0.25, 0.3) is 0 Å². The van der Waals surface area contributed by atoms with Crippen LogP contribution in [0.15, 0.2) is 67.3 Å². The number of nitrogens with zero attached hydrogens (tertiary/aromatic N) is 3. The number of anilines is 4. The molecule has 222 valence electrons. The number of carbonyl (C=O) groups is 2. The Bertz CT molecular complexity index is 1280. The van der Waals surface area contributed by atoms with Crippen molar-refractivity contribution < 1.29 is 24.0 Å². The monoisotopic (exact) mass is 583 g/mol. The lowest BCUT2D eigenvalue weighted by Crippen LogP contribution is -2.25. The van der Waals surface area contributed by atoms with Gasteiger partial charge in [-0.2, -0.15) is 0 Å². The van der Waals surface area contributed by atoms with Gasteiger partial charge < -0.3 is 19.3 Å². The first kappa shape index (κ1) is 34.8. The van der Waals surface area contributed by atoms with E-state index in [1.165, 1.54) is 18.7 Å². The molecule has 1 aliphatic heterocycles. The molecule has 0 atom stereocenters. The molecule has 10 heteroatoms. The van der Waals surface area contributed by atoms with Crippen molar-refractivity contribution in [2.24, 2.45) is 0 Å². The number of para-hydroxylation sites is 1. The Morgan fingerprint density at radius 1 is 1.12 bits per heavy atom. The van der Waals surface area contributed by atoms with E-state index >= 15 is 0 Å². The zero-order valence-electron chi connectivity index (χ0n) is 25.0. The number of fused-ring (bicyclic) bond motifs is 1. The van der Waals surface area contributed by atoms with Gasteiger partial charge in [-0.15, -0.1) is 0 Å². The van der Waals surface area contributed by atoms with E-state index in [1.807, 2.05) is 52.0 Å². The van der Waals surface area contributed by atoms with E-state index < -0.39 is 10.9 Å². The molecule has 0 radical (unpaired) electrons. The first-order valence-electron chi connectivity index (χ1n) is 13.7. The number of esters is 2. The van der Waals surface area contributed by atoms with E-state index in [0.717, 1.165) is 53.9 Å². The predicted octanol–water partition coefficient (Wildman–Crippen LogP) is 8.08. The zero-order valence-corrected chi connectivity index (χ0v) is 25.8. The van der Waals surface area contributed by atoms with E-state index in [2.05, 4.69) is 40.5 Å². The third kappa shape index (κ3) is 9.46. The fourth-order valence-corrected chi connectivity index (χ4v) is 4.85. The predicted molar refractivity (Wildman–Crippen MR) is 168 cm³/mol. The molecule has 1 aliphatic rings. The standard InChI is InChI=1S/C22H21N3O4S.C5H8O2.2C2H6/c1-23(19-14-20(22(26)29-2)30-21(19)25(27)28)17-11-10-15-7-6-12-24(18(15)13-17)16-8-4-3-5-9-16;1-3-5(6)7-4-2;2*1-2/h3-5,8-11,13-14H,6-7,12H2,1-2H3;3H,1,4H2,2H3;2*1-2H3. The van der Waals surface area contributed by atoms with Gasteiger partial charge in [0.15, 0.2) is 0 Å². The Morgan fingerprint density at radius 3 is 2.32 bits per heavy atom. The number of methoxy groups -OCH3 is 1. The summed E-state index contributed by atoms with van der Waals surface area (Å²) in [4.78, 5) is 37.3. The average molecular weight is 584 g/mol. The lowest BCUT2D eigenvalue weighted by atomic mass is 10.00. The third-order valence-corrected chi connectivity index (χ3v) is 6.76. The summed E-state index contributed by atoms with van der Waals surface area (Å²) in [6.07, 6.45) is 3.20. The second kappa shape index (κ2) is 18.2. The van der Waals surface area contributed by atoms with E-state index in [4.69, 9.17) is 4.74 Å². The molecule has 0 fully saturated rings. The summed E-state index contributed by atoms with van der Waals surface area (Å²) in [5, 5.41) is 11.5. The normalized spacial score (nSPS) is 11.0. The molecule has 0 saturated heterocycles. The molecule has 2 heterocycles. The number of hydrogen-bond donors (Lipinski definition) is 0. The number of rotatable bonds is 7. The van der Waals surface area contributed by atoms with Crippen molar-refractivity contribution in [3.63, 3.8) is 0 Å². The van der Waals surface area contributed by atoms with Crippen molar-refractivity contribution >= 4 is 51.0 Å². The summed E-state index contributed by atoms with van der Waals surface area (Å²) >= 11 is 0.824. The van der Waals surface area contributed by atoms with Crippen LogP contribution < -0.4 is 9.80 Å². The Kier molecular flexibility index (Phi) is 15.5. The molecule has 41 heavy (non-hydrogen) atoms. The zero-order chi connectivity index (χ0) is 30.9. The molecule has 0 bridgehead atoms. The number of hydrogen-bond acceptors (Lipinski definition) is 9. The van der Waals surface area contributed by atoms with E-state index in [9.17, 15) is 19.7 Å². The van der Waals surface area contributed by atoms with Crippen molar-refractivity contribution in [3.8, 4) is 0 Å². The van der Waals surface area contributed by atoms with Gasteiger partial charge in [0, 0.05) is 36.7 Å². The van der Waals surface area contributed by atoms with Crippen LogP contribution in [-0.2, 0) is 20.7 Å². The van der Waals surface area contributed by atoms with Crippen LogP contribution in [0.1, 0.15) is 56.3 Å². The van der Waals surface area contributed by atoms with Gasteiger partial charge in [-0.3, -0.25) is 10.1 Å². The first-order valence-corrected chi connectivity index (χ1v) is 14.5.